The minimum atomic E-state index is -1.54. The van der Waals surface area contributed by atoms with Crippen LogP contribution in [0.5, 0.6) is 0 Å². The second-order valence-corrected chi connectivity index (χ2v) is 5.34. The molecular weight excluding hydrogens is 350 g/mol. The average molecular weight is 367 g/mol. The lowest BCUT2D eigenvalue weighted by Gasteiger charge is -2.18. The van der Waals surface area contributed by atoms with E-state index in [1.807, 2.05) is 0 Å². The van der Waals surface area contributed by atoms with E-state index in [2.05, 4.69) is 20.9 Å². The number of rotatable bonds is 4. The number of β-amino-alcohol motifs (C(OH)–C–C–N with tert-alkyl or cyclic N) is 1. The van der Waals surface area contributed by atoms with Crippen LogP contribution >= 0.6 is 0 Å². The molecule has 0 unspecified atom stereocenters. The molecule has 1 fully saturated rings. The van der Waals surface area contributed by atoms with E-state index in [4.69, 9.17) is 9.84 Å². The van der Waals surface area contributed by atoms with Crippen LogP contribution in [-0.4, -0.2) is 58.5 Å². The van der Waals surface area contributed by atoms with E-state index in [1.54, 1.807) is 0 Å². The van der Waals surface area contributed by atoms with Crippen LogP contribution in [-0.2, 0) is 11.3 Å². The Morgan fingerprint density at radius 1 is 1.35 bits per heavy atom. The Labute approximate surface area is 147 Å². The summed E-state index contributed by atoms with van der Waals surface area (Å²) in [7, 11) is 0. The number of amides is 2. The molecule has 12 heteroatoms. The van der Waals surface area contributed by atoms with Crippen LogP contribution in [0.3, 0.4) is 0 Å². The van der Waals surface area contributed by atoms with Crippen molar-refractivity contribution >= 4 is 23.8 Å². The summed E-state index contributed by atoms with van der Waals surface area (Å²) in [6, 6.07) is 4.86. The van der Waals surface area contributed by atoms with Crippen molar-refractivity contribution in [2.45, 2.75) is 18.8 Å². The first-order valence-corrected chi connectivity index (χ1v) is 7.49. The normalized spacial score (nSPS) is 19.7. The van der Waals surface area contributed by atoms with Crippen LogP contribution in [0, 0.1) is 10.1 Å². The van der Waals surface area contributed by atoms with Crippen molar-refractivity contribution in [1.82, 2.24) is 16.0 Å². The van der Waals surface area contributed by atoms with Crippen molar-refractivity contribution in [3.63, 3.8) is 0 Å². The summed E-state index contributed by atoms with van der Waals surface area (Å²) in [5.41, 5.74) is 0.410. The lowest BCUT2D eigenvalue weighted by Crippen LogP contribution is -2.50. The number of nitro benzene ring substituents is 1. The Morgan fingerprint density at radius 2 is 2.04 bits per heavy atom. The number of aliphatic hydroxyl groups is 1. The summed E-state index contributed by atoms with van der Waals surface area (Å²) in [5, 5.41) is 36.7. The van der Waals surface area contributed by atoms with Gasteiger partial charge in [-0.1, -0.05) is 0 Å². The number of alkyl carbamates (subject to hydrolysis) is 1. The molecule has 2 rings (SSSR count). The molecule has 140 valence electrons. The lowest BCUT2D eigenvalue weighted by molar-refractivity contribution is -0.384. The molecule has 0 radical (unpaired) electrons. The van der Waals surface area contributed by atoms with Crippen LogP contribution in [0.2, 0.25) is 0 Å². The second kappa shape index (κ2) is 8.73. The van der Waals surface area contributed by atoms with Gasteiger partial charge in [0, 0.05) is 25.2 Å². The third-order valence-corrected chi connectivity index (χ3v) is 3.45. The van der Waals surface area contributed by atoms with Gasteiger partial charge < -0.3 is 25.6 Å². The van der Waals surface area contributed by atoms with Crippen molar-refractivity contribution in [1.29, 1.82) is 0 Å². The first-order chi connectivity index (χ1) is 12.3. The summed E-state index contributed by atoms with van der Waals surface area (Å²) in [6.45, 7) is 0.500. The highest BCUT2D eigenvalue weighted by Gasteiger charge is 2.26. The maximum Gasteiger partial charge on any atom is 0.434 e. The van der Waals surface area contributed by atoms with Gasteiger partial charge in [-0.3, -0.25) is 15.4 Å². The third kappa shape index (κ3) is 5.68. The number of hydrogen-bond donors (Lipinski definition) is 5. The standard InChI is InChI=1S/C14H17N5O7/c20-11-6-15-5-10(11)16-12(17-13(21)22)18-14(23)26-7-8-1-3-9(4-2-8)19(24)25/h1-4,10-11,15,20H,5-7H2,(H,21,22)(H2,16,17,18,23)/t10-,11-/m0/s1. The smallest absolute Gasteiger partial charge is 0.434 e. The Hall–Kier alpha value is -3.25. The fourth-order valence-corrected chi connectivity index (χ4v) is 2.18. The van der Waals surface area contributed by atoms with E-state index in [0.29, 0.717) is 18.7 Å². The molecule has 12 nitrogen and oxygen atoms in total. The van der Waals surface area contributed by atoms with Crippen molar-refractivity contribution < 1.29 is 29.5 Å². The van der Waals surface area contributed by atoms with Crippen molar-refractivity contribution in [2.75, 3.05) is 13.1 Å². The molecule has 0 aromatic heterocycles. The van der Waals surface area contributed by atoms with Gasteiger partial charge in [0.15, 0.2) is 0 Å². The zero-order chi connectivity index (χ0) is 19.1. The van der Waals surface area contributed by atoms with Crippen LogP contribution in [0.25, 0.3) is 0 Å². The van der Waals surface area contributed by atoms with Gasteiger partial charge >= 0.3 is 12.2 Å². The first-order valence-electron chi connectivity index (χ1n) is 7.49. The number of aliphatic hydroxyl groups excluding tert-OH is 1. The van der Waals surface area contributed by atoms with Gasteiger partial charge in [0.05, 0.1) is 17.1 Å². The minimum Gasteiger partial charge on any atom is -0.463 e. The summed E-state index contributed by atoms with van der Waals surface area (Å²) in [6.07, 6.45) is -3.29. The largest absolute Gasteiger partial charge is 0.463 e. The number of nitro groups is 1. The monoisotopic (exact) mass is 367 g/mol. The van der Waals surface area contributed by atoms with Gasteiger partial charge in [0.25, 0.3) is 5.69 Å². The van der Waals surface area contributed by atoms with Crippen LogP contribution < -0.4 is 16.0 Å². The lowest BCUT2D eigenvalue weighted by atomic mass is 10.2. The number of benzene rings is 1. The molecule has 0 bridgehead atoms. The molecule has 0 spiro atoms. The number of hydrogen-bond acceptors (Lipinski definition) is 7. The summed E-state index contributed by atoms with van der Waals surface area (Å²) in [5.74, 6) is -0.376. The van der Waals surface area contributed by atoms with Gasteiger partial charge in [0.1, 0.15) is 6.61 Å². The Bertz CT molecular complexity index is 706. The number of carbonyl (C=O) groups excluding carboxylic acids is 1. The zero-order valence-electron chi connectivity index (χ0n) is 13.4. The van der Waals surface area contributed by atoms with Crippen molar-refractivity contribution in [3.8, 4) is 0 Å². The van der Waals surface area contributed by atoms with Crippen LogP contribution in [0.1, 0.15) is 5.56 Å². The third-order valence-electron chi connectivity index (χ3n) is 3.45. The number of non-ortho nitro benzene ring substituents is 1. The van der Waals surface area contributed by atoms with E-state index in [0.717, 1.165) is 0 Å². The maximum absolute atomic E-state index is 11.8. The highest BCUT2D eigenvalue weighted by molar-refractivity contribution is 5.98. The summed E-state index contributed by atoms with van der Waals surface area (Å²) < 4.78 is 4.92. The summed E-state index contributed by atoms with van der Waals surface area (Å²) in [4.78, 5) is 35.8. The quantitative estimate of drug-likeness (QED) is 0.208. The Balaban J connectivity index is 1.90. The molecule has 1 aliphatic rings. The number of ether oxygens (including phenoxy) is 1. The summed E-state index contributed by atoms with van der Waals surface area (Å²) >= 11 is 0. The predicted molar refractivity (Wildman–Crippen MR) is 87.7 cm³/mol. The molecule has 1 saturated heterocycles. The van der Waals surface area contributed by atoms with Crippen LogP contribution in [0.4, 0.5) is 15.3 Å². The van der Waals surface area contributed by atoms with E-state index in [1.165, 1.54) is 24.3 Å². The van der Waals surface area contributed by atoms with Gasteiger partial charge in [-0.15, -0.1) is 4.99 Å². The Kier molecular flexibility index (Phi) is 6.41. The number of carboxylic acid groups (broad SMARTS) is 1. The average Bonchev–Trinajstić information content (AvgIpc) is 2.97. The molecule has 0 aliphatic carbocycles. The van der Waals surface area contributed by atoms with Gasteiger partial charge in [-0.05, 0) is 17.7 Å². The molecule has 0 saturated carbocycles. The van der Waals surface area contributed by atoms with Crippen LogP contribution in [0.15, 0.2) is 29.3 Å². The van der Waals surface area contributed by atoms with E-state index < -0.39 is 29.3 Å². The number of carbonyl (C=O) groups is 2. The van der Waals surface area contributed by atoms with Crippen molar-refractivity contribution in [2.24, 2.45) is 4.99 Å². The Morgan fingerprint density at radius 3 is 2.58 bits per heavy atom. The highest BCUT2D eigenvalue weighted by Crippen LogP contribution is 2.12. The fraction of sp³-hybridized carbons (Fsp3) is 0.357. The number of nitrogens with zero attached hydrogens (tertiary/aromatic N) is 2. The maximum atomic E-state index is 11.8. The SMILES string of the molecule is O=C(O)/N=C(\NC(=O)OCc1ccc([N+](=O)[O-])cc1)N[C@H]1CNC[C@@H]1O. The molecule has 1 aliphatic heterocycles. The molecule has 1 heterocycles. The molecular formula is C14H17N5O7. The van der Waals surface area contributed by atoms with Gasteiger partial charge in [0.2, 0.25) is 5.96 Å². The fourth-order valence-electron chi connectivity index (χ4n) is 2.18. The number of guanidine groups is 1. The molecule has 26 heavy (non-hydrogen) atoms. The second-order valence-electron chi connectivity index (χ2n) is 5.34. The minimum absolute atomic E-state index is 0.0954. The zero-order valence-corrected chi connectivity index (χ0v) is 13.4. The molecule has 1 aromatic rings. The van der Waals surface area contributed by atoms with E-state index in [9.17, 15) is 24.8 Å². The molecule has 2 atom stereocenters. The number of nitrogens with one attached hydrogen (secondary N) is 3. The van der Waals surface area contributed by atoms with E-state index in [-0.39, 0.29) is 18.3 Å². The van der Waals surface area contributed by atoms with Gasteiger partial charge in [-0.2, -0.15) is 0 Å². The molecule has 2 amide bonds. The van der Waals surface area contributed by atoms with E-state index >= 15 is 0 Å². The van der Waals surface area contributed by atoms with Crippen molar-refractivity contribution in [3.05, 3.63) is 39.9 Å². The predicted octanol–water partition coefficient (Wildman–Crippen LogP) is -0.223. The van der Waals surface area contributed by atoms with Gasteiger partial charge in [-0.25, -0.2) is 9.59 Å². The number of aliphatic imine (C=N–C) groups is 1. The highest BCUT2D eigenvalue weighted by atomic mass is 16.6. The topological polar surface area (TPSA) is 175 Å². The first kappa shape index (κ1) is 19.1. The molecule has 1 aromatic carbocycles. The molecule has 5 N–H and O–H groups in total.